The molecule has 0 saturated heterocycles. The van der Waals surface area contributed by atoms with Gasteiger partial charge < -0.3 is 10.0 Å². The van der Waals surface area contributed by atoms with Gasteiger partial charge >= 0.3 is 5.97 Å². The van der Waals surface area contributed by atoms with Gasteiger partial charge in [0.1, 0.15) is 5.82 Å². The average Bonchev–Trinajstić information content (AvgIpc) is 3.32. The van der Waals surface area contributed by atoms with E-state index in [-0.39, 0.29) is 22.6 Å². The van der Waals surface area contributed by atoms with Gasteiger partial charge in [-0.2, -0.15) is 0 Å². The highest BCUT2D eigenvalue weighted by molar-refractivity contribution is 6.12. The number of hydrogen-bond acceptors (Lipinski definition) is 4. The number of amides is 1. The van der Waals surface area contributed by atoms with E-state index in [1.807, 2.05) is 44.2 Å². The molecule has 1 aliphatic heterocycles. The van der Waals surface area contributed by atoms with Crippen LogP contribution in [-0.4, -0.2) is 33.1 Å². The summed E-state index contributed by atoms with van der Waals surface area (Å²) in [6.45, 7) is 6.50. The molecular formula is C30H29N3O4. The Hall–Kier alpha value is -4.26. The fourth-order valence-corrected chi connectivity index (χ4v) is 5.09. The van der Waals surface area contributed by atoms with Crippen molar-refractivity contribution >= 4 is 28.5 Å². The second kappa shape index (κ2) is 9.65. The molecule has 3 aromatic carbocycles. The van der Waals surface area contributed by atoms with E-state index in [9.17, 15) is 19.5 Å². The summed E-state index contributed by atoms with van der Waals surface area (Å²) in [6.07, 6.45) is 3.20. The summed E-state index contributed by atoms with van der Waals surface area (Å²) in [4.78, 5) is 45.3. The first kappa shape index (κ1) is 24.4. The Balaban J connectivity index is 1.60. The first-order valence-electron chi connectivity index (χ1n) is 12.6. The molecule has 0 bridgehead atoms. The number of carboxylic acids is 1. The number of rotatable bonds is 6. The number of benzene rings is 3. The van der Waals surface area contributed by atoms with Crippen LogP contribution in [0.15, 0.2) is 59.4 Å². The zero-order valence-electron chi connectivity index (χ0n) is 21.2. The molecule has 0 saturated carbocycles. The van der Waals surface area contributed by atoms with Gasteiger partial charge in [0.15, 0.2) is 0 Å². The third-order valence-corrected chi connectivity index (χ3v) is 7.24. The van der Waals surface area contributed by atoms with Gasteiger partial charge in [-0.3, -0.25) is 14.2 Å². The van der Waals surface area contributed by atoms with E-state index in [2.05, 4.69) is 6.92 Å². The highest BCUT2D eigenvalue weighted by atomic mass is 16.4. The van der Waals surface area contributed by atoms with Gasteiger partial charge in [-0.15, -0.1) is 0 Å². The van der Waals surface area contributed by atoms with Gasteiger partial charge in [-0.05, 0) is 79.8 Å². The SMILES string of the molecule is CCCCc1nc2ccc(C)c(C)c2c(=O)n1-c1ccc2c(c1)CCN2C(=O)c1ccccc1C(=O)O. The van der Waals surface area contributed by atoms with Crippen LogP contribution < -0.4 is 10.5 Å². The van der Waals surface area contributed by atoms with Gasteiger partial charge in [-0.1, -0.05) is 31.5 Å². The van der Waals surface area contributed by atoms with E-state index >= 15 is 0 Å². The first-order valence-corrected chi connectivity index (χ1v) is 12.6. The quantitative estimate of drug-likeness (QED) is 0.395. The number of hydrogen-bond donors (Lipinski definition) is 1. The van der Waals surface area contributed by atoms with E-state index in [0.29, 0.717) is 30.3 Å². The molecule has 0 aliphatic carbocycles. The molecule has 4 aromatic rings. The lowest BCUT2D eigenvalue weighted by molar-refractivity contribution is 0.0692. The first-order chi connectivity index (χ1) is 17.8. The number of aryl methyl sites for hydroxylation is 3. The van der Waals surface area contributed by atoms with Gasteiger partial charge in [0, 0.05) is 18.7 Å². The van der Waals surface area contributed by atoms with E-state index in [0.717, 1.165) is 46.7 Å². The molecule has 1 amide bonds. The lowest BCUT2D eigenvalue weighted by atomic mass is 10.0. The molecule has 0 fully saturated rings. The summed E-state index contributed by atoms with van der Waals surface area (Å²) in [5, 5.41) is 10.2. The van der Waals surface area contributed by atoms with Gasteiger partial charge in [0.05, 0.1) is 27.7 Å². The predicted molar refractivity (Wildman–Crippen MR) is 144 cm³/mol. The van der Waals surface area contributed by atoms with Crippen LogP contribution in [0.3, 0.4) is 0 Å². The zero-order chi connectivity index (χ0) is 26.3. The van der Waals surface area contributed by atoms with Gasteiger partial charge in [-0.25, -0.2) is 9.78 Å². The number of aromatic nitrogens is 2. The fraction of sp³-hybridized carbons (Fsp3) is 0.267. The van der Waals surface area contributed by atoms with Crippen molar-refractivity contribution in [3.8, 4) is 5.69 Å². The average molecular weight is 496 g/mol. The molecule has 5 rings (SSSR count). The minimum absolute atomic E-state index is 0.0161. The standard InChI is InChI=1S/C30H29N3O4/c1-4-5-10-26-31-24-13-11-18(2)19(3)27(24)29(35)33(26)21-12-14-25-20(17-21)15-16-32(25)28(34)22-8-6-7-9-23(22)30(36)37/h6-9,11-14,17H,4-5,10,15-16H2,1-3H3,(H,36,37). The second-order valence-electron chi connectivity index (χ2n) is 9.54. The van der Waals surface area contributed by atoms with Crippen LogP contribution in [0.1, 0.15) is 63.0 Å². The summed E-state index contributed by atoms with van der Waals surface area (Å²) < 4.78 is 1.72. The van der Waals surface area contributed by atoms with Crippen LogP contribution in [0.4, 0.5) is 5.69 Å². The van der Waals surface area contributed by atoms with Crippen LogP contribution in [0, 0.1) is 13.8 Å². The summed E-state index contributed by atoms with van der Waals surface area (Å²) in [7, 11) is 0. The molecule has 2 heterocycles. The maximum Gasteiger partial charge on any atom is 0.336 e. The molecule has 1 N–H and O–H groups in total. The molecule has 188 valence electrons. The van der Waals surface area contributed by atoms with Crippen molar-refractivity contribution in [3.63, 3.8) is 0 Å². The van der Waals surface area contributed by atoms with E-state index < -0.39 is 5.97 Å². The Labute approximate surface area is 215 Å². The lowest BCUT2D eigenvalue weighted by Crippen LogP contribution is -2.30. The molecule has 7 heteroatoms. The minimum atomic E-state index is -1.13. The van der Waals surface area contributed by atoms with Crippen molar-refractivity contribution in [2.75, 3.05) is 11.4 Å². The Morgan fingerprint density at radius 1 is 1.03 bits per heavy atom. The van der Waals surface area contributed by atoms with Crippen molar-refractivity contribution in [3.05, 3.63) is 98.6 Å². The smallest absolute Gasteiger partial charge is 0.336 e. The molecule has 0 atom stereocenters. The number of anilines is 1. The number of nitrogens with zero attached hydrogens (tertiary/aromatic N) is 3. The molecule has 0 radical (unpaired) electrons. The molecule has 37 heavy (non-hydrogen) atoms. The zero-order valence-corrected chi connectivity index (χ0v) is 21.2. The topological polar surface area (TPSA) is 92.5 Å². The Morgan fingerprint density at radius 2 is 1.78 bits per heavy atom. The third-order valence-electron chi connectivity index (χ3n) is 7.24. The number of carbonyl (C=O) groups is 2. The van der Waals surface area contributed by atoms with Gasteiger partial charge in [0.2, 0.25) is 0 Å². The van der Waals surface area contributed by atoms with Crippen molar-refractivity contribution in [1.29, 1.82) is 0 Å². The summed E-state index contributed by atoms with van der Waals surface area (Å²) in [5.41, 5.74) is 5.15. The number of carboxylic acid groups (broad SMARTS) is 1. The van der Waals surface area contributed by atoms with E-state index in [1.54, 1.807) is 27.7 Å². The number of unbranched alkanes of at least 4 members (excludes halogenated alkanes) is 1. The van der Waals surface area contributed by atoms with Crippen molar-refractivity contribution in [2.45, 2.75) is 46.5 Å². The number of carbonyl (C=O) groups excluding carboxylic acids is 1. The molecule has 7 nitrogen and oxygen atoms in total. The molecule has 0 spiro atoms. The Morgan fingerprint density at radius 3 is 2.51 bits per heavy atom. The number of aromatic carboxylic acids is 1. The normalized spacial score (nSPS) is 12.7. The molecule has 0 unspecified atom stereocenters. The maximum absolute atomic E-state index is 13.8. The number of fused-ring (bicyclic) bond motifs is 2. The highest BCUT2D eigenvalue weighted by Crippen LogP contribution is 2.32. The van der Waals surface area contributed by atoms with Crippen LogP contribution >= 0.6 is 0 Å². The summed E-state index contributed by atoms with van der Waals surface area (Å²) in [5.74, 6) is -0.750. The van der Waals surface area contributed by atoms with Crippen LogP contribution in [0.2, 0.25) is 0 Å². The minimum Gasteiger partial charge on any atom is -0.478 e. The largest absolute Gasteiger partial charge is 0.478 e. The van der Waals surface area contributed by atoms with Crippen LogP contribution in [0.25, 0.3) is 16.6 Å². The summed E-state index contributed by atoms with van der Waals surface area (Å²) >= 11 is 0. The Bertz CT molecular complexity index is 1620. The second-order valence-corrected chi connectivity index (χ2v) is 9.54. The monoisotopic (exact) mass is 495 g/mol. The van der Waals surface area contributed by atoms with E-state index in [4.69, 9.17) is 4.98 Å². The van der Waals surface area contributed by atoms with Crippen molar-refractivity contribution < 1.29 is 14.7 Å². The molecule has 1 aliphatic rings. The predicted octanol–water partition coefficient (Wildman–Crippen LogP) is 5.25. The third kappa shape index (κ3) is 4.20. The Kier molecular flexibility index (Phi) is 6.38. The summed E-state index contributed by atoms with van der Waals surface area (Å²) in [6, 6.07) is 15.8. The maximum atomic E-state index is 13.8. The van der Waals surface area contributed by atoms with Crippen molar-refractivity contribution in [2.24, 2.45) is 0 Å². The fourth-order valence-electron chi connectivity index (χ4n) is 5.09. The highest BCUT2D eigenvalue weighted by Gasteiger charge is 2.29. The van der Waals surface area contributed by atoms with Crippen molar-refractivity contribution in [1.82, 2.24) is 9.55 Å². The molecular weight excluding hydrogens is 466 g/mol. The van der Waals surface area contributed by atoms with Gasteiger partial charge in [0.25, 0.3) is 11.5 Å². The van der Waals surface area contributed by atoms with Crippen LogP contribution in [0.5, 0.6) is 0 Å². The van der Waals surface area contributed by atoms with Crippen LogP contribution in [-0.2, 0) is 12.8 Å². The van der Waals surface area contributed by atoms with E-state index in [1.165, 1.54) is 6.07 Å². The molecule has 1 aromatic heterocycles. The lowest BCUT2D eigenvalue weighted by Gasteiger charge is -2.19.